The minimum atomic E-state index is -0.303. The second kappa shape index (κ2) is 5.84. The van der Waals surface area contributed by atoms with E-state index in [9.17, 15) is 0 Å². The number of nitrogens with two attached hydrogens (primary N) is 1. The van der Waals surface area contributed by atoms with Crippen LogP contribution in [-0.2, 0) is 6.42 Å². The van der Waals surface area contributed by atoms with Gasteiger partial charge < -0.3 is 10.3 Å². The Kier molecular flexibility index (Phi) is 4.61. The van der Waals surface area contributed by atoms with E-state index in [1.165, 1.54) is 5.75 Å². The zero-order chi connectivity index (χ0) is 13.2. The monoisotopic (exact) mass is 287 g/mol. The summed E-state index contributed by atoms with van der Waals surface area (Å²) in [5.41, 5.74) is 5.67. The maximum atomic E-state index is 5.97. The number of hydrogen-bond donors (Lipinski definition) is 1. The van der Waals surface area contributed by atoms with Crippen LogP contribution >= 0.6 is 23.5 Å². The molecular formula is C12H21N3OS2. The van der Waals surface area contributed by atoms with Crippen molar-refractivity contribution in [3.8, 4) is 0 Å². The molecule has 0 aromatic carbocycles. The molecule has 0 aliphatic carbocycles. The maximum Gasteiger partial charge on any atom is 0.228 e. The number of rotatable bonds is 4. The fourth-order valence-electron chi connectivity index (χ4n) is 1.99. The zero-order valence-electron chi connectivity index (χ0n) is 11.2. The molecule has 102 valence electrons. The van der Waals surface area contributed by atoms with E-state index >= 15 is 0 Å². The second-order valence-corrected chi connectivity index (χ2v) is 7.92. The third kappa shape index (κ3) is 3.65. The summed E-state index contributed by atoms with van der Waals surface area (Å²) in [6, 6.07) is 0. The number of aromatic nitrogens is 2. The van der Waals surface area contributed by atoms with Crippen LogP contribution in [0.5, 0.6) is 0 Å². The van der Waals surface area contributed by atoms with Crippen molar-refractivity contribution in [2.45, 2.75) is 49.7 Å². The Bertz CT molecular complexity index is 389. The summed E-state index contributed by atoms with van der Waals surface area (Å²) in [4.78, 5) is 4.53. The minimum absolute atomic E-state index is 0.303. The van der Waals surface area contributed by atoms with Gasteiger partial charge in [-0.15, -0.1) is 11.8 Å². The Hall–Kier alpha value is -0.200. The predicted molar refractivity (Wildman–Crippen MR) is 78.0 cm³/mol. The number of thioether (sulfide) groups is 2. The fourth-order valence-corrected chi connectivity index (χ4v) is 4.97. The van der Waals surface area contributed by atoms with Crippen LogP contribution in [0, 0.1) is 0 Å². The van der Waals surface area contributed by atoms with E-state index in [1.807, 2.05) is 37.4 Å². The predicted octanol–water partition coefficient (Wildman–Crippen LogP) is 2.65. The fraction of sp³-hybridized carbons (Fsp3) is 0.833. The van der Waals surface area contributed by atoms with Crippen molar-refractivity contribution in [2.24, 2.45) is 5.73 Å². The molecular weight excluding hydrogens is 266 g/mol. The van der Waals surface area contributed by atoms with E-state index in [0.29, 0.717) is 22.8 Å². The van der Waals surface area contributed by atoms with Crippen LogP contribution in [0.3, 0.4) is 0 Å². The van der Waals surface area contributed by atoms with Gasteiger partial charge in [0.05, 0.1) is 5.25 Å². The number of hydrogen-bond acceptors (Lipinski definition) is 6. The molecule has 0 bridgehead atoms. The SMILES string of the molecule is CCC1SCCSC1c1noc(CC(C)(C)N)n1. The van der Waals surface area contributed by atoms with Gasteiger partial charge in [-0.3, -0.25) is 0 Å². The van der Waals surface area contributed by atoms with E-state index in [2.05, 4.69) is 17.1 Å². The first kappa shape index (κ1) is 14.2. The van der Waals surface area contributed by atoms with Gasteiger partial charge in [0.15, 0.2) is 5.82 Å². The number of nitrogens with zero attached hydrogens (tertiary/aromatic N) is 2. The maximum absolute atomic E-state index is 5.97. The van der Waals surface area contributed by atoms with Crippen LogP contribution < -0.4 is 5.73 Å². The van der Waals surface area contributed by atoms with Gasteiger partial charge in [0.1, 0.15) is 0 Å². The lowest BCUT2D eigenvalue weighted by atomic mass is 10.0. The summed E-state index contributed by atoms with van der Waals surface area (Å²) < 4.78 is 5.32. The summed E-state index contributed by atoms with van der Waals surface area (Å²) in [6.07, 6.45) is 1.77. The molecule has 1 aliphatic heterocycles. The Balaban J connectivity index is 2.08. The molecule has 2 N–H and O–H groups in total. The highest BCUT2D eigenvalue weighted by Crippen LogP contribution is 2.42. The van der Waals surface area contributed by atoms with E-state index in [1.54, 1.807) is 0 Å². The standard InChI is InChI=1S/C12H21N3OS2/c1-4-8-10(18-6-5-17-8)11-14-9(16-15-11)7-12(2,3)13/h8,10H,4-7,13H2,1-3H3. The normalized spacial score (nSPS) is 25.3. The molecule has 6 heteroatoms. The third-order valence-corrected chi connectivity index (χ3v) is 6.04. The van der Waals surface area contributed by atoms with Gasteiger partial charge in [-0.25, -0.2) is 0 Å². The molecule has 1 saturated heterocycles. The highest BCUT2D eigenvalue weighted by atomic mass is 32.2. The lowest BCUT2D eigenvalue weighted by Crippen LogP contribution is -2.34. The van der Waals surface area contributed by atoms with Crippen molar-refractivity contribution in [2.75, 3.05) is 11.5 Å². The van der Waals surface area contributed by atoms with E-state index in [-0.39, 0.29) is 5.54 Å². The van der Waals surface area contributed by atoms with Gasteiger partial charge in [0.25, 0.3) is 0 Å². The van der Waals surface area contributed by atoms with E-state index in [0.717, 1.165) is 18.0 Å². The molecule has 2 unspecified atom stereocenters. The lowest BCUT2D eigenvalue weighted by molar-refractivity contribution is 0.344. The van der Waals surface area contributed by atoms with Gasteiger partial charge in [-0.2, -0.15) is 16.7 Å². The molecule has 1 aliphatic rings. The van der Waals surface area contributed by atoms with Gasteiger partial charge in [0, 0.05) is 28.7 Å². The molecule has 2 rings (SSSR count). The summed E-state index contributed by atoms with van der Waals surface area (Å²) in [5.74, 6) is 3.89. The third-order valence-electron chi connectivity index (χ3n) is 2.80. The van der Waals surface area contributed by atoms with Gasteiger partial charge in [0.2, 0.25) is 5.89 Å². The molecule has 4 nitrogen and oxygen atoms in total. The average Bonchev–Trinajstić information content (AvgIpc) is 2.75. The lowest BCUT2D eigenvalue weighted by Gasteiger charge is -2.27. The van der Waals surface area contributed by atoms with Crippen molar-refractivity contribution in [1.29, 1.82) is 0 Å². The van der Waals surface area contributed by atoms with Crippen LogP contribution in [0.1, 0.15) is 44.2 Å². The Morgan fingerprint density at radius 2 is 2.11 bits per heavy atom. The first-order chi connectivity index (χ1) is 8.49. The summed E-state index contributed by atoms with van der Waals surface area (Å²) in [7, 11) is 0. The van der Waals surface area contributed by atoms with Crippen LogP contribution in [0.25, 0.3) is 0 Å². The second-order valence-electron chi connectivity index (χ2n) is 5.32. The smallest absolute Gasteiger partial charge is 0.228 e. The molecule has 18 heavy (non-hydrogen) atoms. The molecule has 1 fully saturated rings. The van der Waals surface area contributed by atoms with Crippen molar-refractivity contribution in [3.05, 3.63) is 11.7 Å². The highest BCUT2D eigenvalue weighted by Gasteiger charge is 2.30. The largest absolute Gasteiger partial charge is 0.339 e. The summed E-state index contributed by atoms with van der Waals surface area (Å²) in [5, 5.41) is 5.11. The van der Waals surface area contributed by atoms with Crippen molar-refractivity contribution in [3.63, 3.8) is 0 Å². The Morgan fingerprint density at radius 1 is 1.39 bits per heavy atom. The zero-order valence-corrected chi connectivity index (χ0v) is 12.8. The molecule has 0 spiro atoms. The first-order valence-electron chi connectivity index (χ1n) is 6.34. The van der Waals surface area contributed by atoms with Crippen LogP contribution in [-0.4, -0.2) is 32.4 Å². The van der Waals surface area contributed by atoms with Crippen molar-refractivity contribution >= 4 is 23.5 Å². The molecule has 2 heterocycles. The Labute approximate surface area is 117 Å². The van der Waals surface area contributed by atoms with Gasteiger partial charge in [-0.05, 0) is 20.3 Å². The first-order valence-corrected chi connectivity index (χ1v) is 8.44. The van der Waals surface area contributed by atoms with E-state index in [4.69, 9.17) is 10.3 Å². The van der Waals surface area contributed by atoms with Gasteiger partial charge >= 0.3 is 0 Å². The quantitative estimate of drug-likeness (QED) is 0.918. The van der Waals surface area contributed by atoms with Gasteiger partial charge in [-0.1, -0.05) is 12.1 Å². The minimum Gasteiger partial charge on any atom is -0.339 e. The molecule has 0 saturated carbocycles. The van der Waals surface area contributed by atoms with Crippen LogP contribution in [0.15, 0.2) is 4.52 Å². The van der Waals surface area contributed by atoms with Crippen LogP contribution in [0.2, 0.25) is 0 Å². The molecule has 0 radical (unpaired) electrons. The Morgan fingerprint density at radius 3 is 2.78 bits per heavy atom. The van der Waals surface area contributed by atoms with E-state index < -0.39 is 0 Å². The molecule has 1 aromatic heterocycles. The van der Waals surface area contributed by atoms with Crippen molar-refractivity contribution in [1.82, 2.24) is 10.1 Å². The molecule has 1 aromatic rings. The summed E-state index contributed by atoms with van der Waals surface area (Å²) >= 11 is 3.96. The molecule has 0 amide bonds. The van der Waals surface area contributed by atoms with Crippen LogP contribution in [0.4, 0.5) is 0 Å². The average molecular weight is 287 g/mol. The summed E-state index contributed by atoms with van der Waals surface area (Å²) in [6.45, 7) is 6.16. The highest BCUT2D eigenvalue weighted by molar-refractivity contribution is 8.06. The topological polar surface area (TPSA) is 64.9 Å². The van der Waals surface area contributed by atoms with Crippen molar-refractivity contribution < 1.29 is 4.52 Å². The molecule has 2 atom stereocenters.